The third kappa shape index (κ3) is 1.63. The Bertz CT molecular complexity index is 455. The van der Waals surface area contributed by atoms with Gasteiger partial charge in [0.25, 0.3) is 0 Å². The molecule has 14 heavy (non-hydrogen) atoms. The molecule has 0 bridgehead atoms. The van der Waals surface area contributed by atoms with Crippen LogP contribution in [0.4, 0.5) is 0 Å². The van der Waals surface area contributed by atoms with Crippen LogP contribution in [0.2, 0.25) is 0 Å². The van der Waals surface area contributed by atoms with Crippen LogP contribution in [0.5, 0.6) is 0 Å². The second-order valence-corrected chi connectivity index (χ2v) is 5.65. The van der Waals surface area contributed by atoms with E-state index in [0.717, 1.165) is 15.9 Å². The number of alkyl halides is 1. The molecule has 0 aliphatic carbocycles. The molecule has 0 radical (unpaired) electrons. The minimum absolute atomic E-state index is 0.415. The highest BCUT2D eigenvalue weighted by Crippen LogP contribution is 2.32. The molecule has 0 aliphatic rings. The predicted molar refractivity (Wildman–Crippen MR) is 66.0 cm³/mol. The van der Waals surface area contributed by atoms with E-state index in [1.54, 1.807) is 11.8 Å². The van der Waals surface area contributed by atoms with Crippen LogP contribution in [0.25, 0.3) is 11.0 Å². The molecule has 0 saturated heterocycles. The zero-order chi connectivity index (χ0) is 10.1. The summed E-state index contributed by atoms with van der Waals surface area (Å²) in [4.78, 5) is 1.11. The van der Waals surface area contributed by atoms with Gasteiger partial charge in [0.2, 0.25) is 0 Å². The van der Waals surface area contributed by atoms with Crippen LogP contribution in [0.15, 0.2) is 21.7 Å². The highest BCUT2D eigenvalue weighted by molar-refractivity contribution is 14.1. The Labute approximate surface area is 99.7 Å². The van der Waals surface area contributed by atoms with Crippen molar-refractivity contribution in [2.45, 2.75) is 15.7 Å². The fraction of sp³-hybridized carbons (Fsp3) is 0.333. The molecular weight excluding hydrogens is 311 g/mol. The average Bonchev–Trinajstić information content (AvgIpc) is 2.64. The number of aromatic nitrogens is 2. The van der Waals surface area contributed by atoms with Gasteiger partial charge in [-0.25, -0.2) is 4.63 Å². The Kier molecular flexibility index (Phi) is 2.96. The van der Waals surface area contributed by atoms with Gasteiger partial charge >= 0.3 is 0 Å². The van der Waals surface area contributed by atoms with Crippen LogP contribution in [0.3, 0.4) is 0 Å². The summed E-state index contributed by atoms with van der Waals surface area (Å²) in [6.07, 6.45) is 2.02. The van der Waals surface area contributed by atoms with Crippen LogP contribution in [0.1, 0.15) is 16.4 Å². The van der Waals surface area contributed by atoms with E-state index in [1.165, 1.54) is 5.56 Å². The number of halogens is 1. The van der Waals surface area contributed by atoms with Crippen LogP contribution < -0.4 is 0 Å². The molecule has 5 heteroatoms. The van der Waals surface area contributed by atoms with Crippen LogP contribution in [-0.4, -0.2) is 16.6 Å². The number of fused-ring (bicyclic) bond motifs is 1. The Balaban J connectivity index is 2.72. The van der Waals surface area contributed by atoms with Crippen molar-refractivity contribution >= 4 is 45.4 Å². The summed E-state index contributed by atoms with van der Waals surface area (Å²) in [6.45, 7) is 2.13. The molecule has 1 atom stereocenters. The lowest BCUT2D eigenvalue weighted by atomic mass is 10.1. The van der Waals surface area contributed by atoms with Gasteiger partial charge in [-0.1, -0.05) is 28.7 Å². The molecule has 1 aromatic carbocycles. The van der Waals surface area contributed by atoms with Gasteiger partial charge < -0.3 is 0 Å². The molecule has 2 aromatic rings. The van der Waals surface area contributed by atoms with E-state index >= 15 is 0 Å². The van der Waals surface area contributed by atoms with Gasteiger partial charge in [0.15, 0.2) is 0 Å². The maximum absolute atomic E-state index is 4.78. The van der Waals surface area contributed by atoms with Crippen molar-refractivity contribution in [2.24, 2.45) is 0 Å². The second-order valence-electron chi connectivity index (χ2n) is 2.93. The molecule has 2 rings (SSSR count). The third-order valence-corrected chi connectivity index (χ3v) is 3.50. The van der Waals surface area contributed by atoms with Crippen molar-refractivity contribution in [1.82, 2.24) is 10.3 Å². The lowest BCUT2D eigenvalue weighted by Gasteiger charge is -2.04. The van der Waals surface area contributed by atoms with Crippen molar-refractivity contribution < 1.29 is 4.63 Å². The van der Waals surface area contributed by atoms with Crippen molar-refractivity contribution in [2.75, 3.05) is 6.26 Å². The Morgan fingerprint density at radius 1 is 1.36 bits per heavy atom. The number of hydrogen-bond acceptors (Lipinski definition) is 4. The molecule has 1 unspecified atom stereocenters. The van der Waals surface area contributed by atoms with Crippen LogP contribution in [-0.2, 0) is 0 Å². The Morgan fingerprint density at radius 2 is 2.07 bits per heavy atom. The number of benzene rings is 1. The fourth-order valence-electron chi connectivity index (χ4n) is 1.35. The zero-order valence-corrected chi connectivity index (χ0v) is 10.8. The number of hydrogen-bond donors (Lipinski definition) is 0. The molecular formula is C9H9IN2OS. The van der Waals surface area contributed by atoms with Gasteiger partial charge in [-0.15, -0.1) is 11.8 Å². The Morgan fingerprint density at radius 3 is 2.71 bits per heavy atom. The minimum Gasteiger partial charge on any atom is -0.243 e. The normalized spacial score (nSPS) is 13.4. The van der Waals surface area contributed by atoms with E-state index < -0.39 is 0 Å². The summed E-state index contributed by atoms with van der Waals surface area (Å²) in [5.41, 5.74) is 2.94. The largest absolute Gasteiger partial charge is 0.243 e. The SMILES string of the molecule is CSc1ccc(C(C)I)c2nonc12. The van der Waals surface area contributed by atoms with E-state index in [9.17, 15) is 0 Å². The minimum atomic E-state index is 0.415. The van der Waals surface area contributed by atoms with Crippen LogP contribution >= 0.6 is 34.4 Å². The predicted octanol–water partition coefficient (Wildman–Crippen LogP) is 3.44. The van der Waals surface area contributed by atoms with Crippen LogP contribution in [0, 0.1) is 0 Å². The van der Waals surface area contributed by atoms with E-state index in [2.05, 4.69) is 52.0 Å². The zero-order valence-electron chi connectivity index (χ0n) is 7.82. The first-order chi connectivity index (χ1) is 6.74. The smallest absolute Gasteiger partial charge is 0.149 e. The Hall–Kier alpha value is -0.300. The first kappa shape index (κ1) is 10.2. The van der Waals surface area contributed by atoms with Crippen molar-refractivity contribution in [3.8, 4) is 0 Å². The summed E-state index contributed by atoms with van der Waals surface area (Å²) in [6, 6.07) is 4.16. The number of rotatable bonds is 2. The third-order valence-electron chi connectivity index (χ3n) is 2.06. The quantitative estimate of drug-likeness (QED) is 0.483. The molecule has 3 nitrogen and oxygen atoms in total. The molecule has 1 aromatic heterocycles. The monoisotopic (exact) mass is 320 g/mol. The molecule has 0 saturated carbocycles. The van der Waals surface area contributed by atoms with Gasteiger partial charge in [-0.2, -0.15) is 0 Å². The summed E-state index contributed by atoms with van der Waals surface area (Å²) in [5.74, 6) is 0. The van der Waals surface area contributed by atoms with Crippen molar-refractivity contribution in [3.63, 3.8) is 0 Å². The first-order valence-electron chi connectivity index (χ1n) is 4.17. The van der Waals surface area contributed by atoms with Crippen molar-refractivity contribution in [3.05, 3.63) is 17.7 Å². The summed E-state index contributed by atoms with van der Waals surface area (Å²) >= 11 is 4.02. The van der Waals surface area contributed by atoms with E-state index in [0.29, 0.717) is 3.92 Å². The molecule has 0 amide bonds. The maximum atomic E-state index is 4.78. The molecule has 0 spiro atoms. The summed E-state index contributed by atoms with van der Waals surface area (Å²) in [5, 5.41) is 7.87. The van der Waals surface area contributed by atoms with Gasteiger partial charge in [-0.05, 0) is 35.1 Å². The van der Waals surface area contributed by atoms with Gasteiger partial charge in [0.05, 0.1) is 0 Å². The topological polar surface area (TPSA) is 38.9 Å². The number of thioether (sulfide) groups is 1. The lowest BCUT2D eigenvalue weighted by Crippen LogP contribution is -1.87. The standard InChI is InChI=1S/C9H9IN2OS/c1-5(10)6-3-4-7(14-2)9-8(6)11-13-12-9/h3-5H,1-2H3. The van der Waals surface area contributed by atoms with E-state index in [-0.39, 0.29) is 0 Å². The second kappa shape index (κ2) is 4.06. The van der Waals surface area contributed by atoms with Gasteiger partial charge in [0.1, 0.15) is 11.0 Å². The molecule has 74 valence electrons. The molecule has 0 fully saturated rings. The van der Waals surface area contributed by atoms with E-state index in [1.807, 2.05) is 6.26 Å². The summed E-state index contributed by atoms with van der Waals surface area (Å²) < 4.78 is 5.20. The first-order valence-corrected chi connectivity index (χ1v) is 6.64. The number of nitrogens with zero attached hydrogens (tertiary/aromatic N) is 2. The molecule has 0 aliphatic heterocycles. The van der Waals surface area contributed by atoms with Gasteiger partial charge in [0, 0.05) is 8.82 Å². The van der Waals surface area contributed by atoms with Crippen molar-refractivity contribution in [1.29, 1.82) is 0 Å². The average molecular weight is 320 g/mol. The summed E-state index contributed by atoms with van der Waals surface area (Å²) in [7, 11) is 0. The highest BCUT2D eigenvalue weighted by atomic mass is 127. The van der Waals surface area contributed by atoms with E-state index in [4.69, 9.17) is 4.63 Å². The highest BCUT2D eigenvalue weighted by Gasteiger charge is 2.13. The fourth-order valence-corrected chi connectivity index (χ4v) is 2.38. The molecule has 0 N–H and O–H groups in total. The van der Waals surface area contributed by atoms with Gasteiger partial charge in [-0.3, -0.25) is 0 Å². The molecule has 1 heterocycles. The maximum Gasteiger partial charge on any atom is 0.149 e. The lowest BCUT2D eigenvalue weighted by molar-refractivity contribution is 0.315.